The number of aliphatic carboxylic acids is 1. The van der Waals surface area contributed by atoms with E-state index in [0.29, 0.717) is 28.1 Å². The SMILES string of the molecule is CC(C)c1c(C(N)=O)c(-c2ccccc2)c(-c2ccc(F)cc2)n1CCC(O)CC(O)CC(=O)O. The summed E-state index contributed by atoms with van der Waals surface area (Å²) < 4.78 is 15.7. The van der Waals surface area contributed by atoms with Gasteiger partial charge in [-0.1, -0.05) is 44.2 Å². The molecule has 0 aliphatic carbocycles. The van der Waals surface area contributed by atoms with Gasteiger partial charge in [0.1, 0.15) is 5.82 Å². The zero-order chi connectivity index (χ0) is 25.7. The summed E-state index contributed by atoms with van der Waals surface area (Å²) in [6.07, 6.45) is -2.49. The van der Waals surface area contributed by atoms with E-state index in [1.54, 1.807) is 12.1 Å². The molecule has 5 N–H and O–H groups in total. The Morgan fingerprint density at radius 2 is 1.60 bits per heavy atom. The number of aliphatic hydroxyl groups excluding tert-OH is 2. The van der Waals surface area contributed by atoms with Gasteiger partial charge in [-0.2, -0.15) is 0 Å². The number of hydrogen-bond acceptors (Lipinski definition) is 4. The molecule has 35 heavy (non-hydrogen) atoms. The molecule has 2 atom stereocenters. The minimum absolute atomic E-state index is 0.0926. The lowest BCUT2D eigenvalue weighted by Crippen LogP contribution is -2.22. The third-order valence-corrected chi connectivity index (χ3v) is 5.92. The highest BCUT2D eigenvalue weighted by Gasteiger charge is 2.29. The molecular weight excluding hydrogens is 451 g/mol. The second kappa shape index (κ2) is 11.3. The molecule has 8 heteroatoms. The van der Waals surface area contributed by atoms with Crippen molar-refractivity contribution in [1.82, 2.24) is 4.57 Å². The van der Waals surface area contributed by atoms with Crippen molar-refractivity contribution < 1.29 is 29.3 Å². The number of carboxylic acid groups (broad SMARTS) is 1. The number of benzene rings is 2. The summed E-state index contributed by atoms with van der Waals surface area (Å²) in [4.78, 5) is 23.6. The van der Waals surface area contributed by atoms with E-state index in [9.17, 15) is 24.2 Å². The predicted octanol–water partition coefficient (Wildman–Crippen LogP) is 4.16. The number of rotatable bonds is 11. The van der Waals surface area contributed by atoms with E-state index in [0.717, 1.165) is 5.56 Å². The van der Waals surface area contributed by atoms with E-state index in [2.05, 4.69) is 0 Å². The van der Waals surface area contributed by atoms with Crippen molar-refractivity contribution in [2.24, 2.45) is 5.73 Å². The van der Waals surface area contributed by atoms with Crippen LogP contribution in [0.4, 0.5) is 4.39 Å². The summed E-state index contributed by atoms with van der Waals surface area (Å²) in [5.74, 6) is -2.24. The zero-order valence-electron chi connectivity index (χ0n) is 19.8. The largest absolute Gasteiger partial charge is 0.481 e. The Bertz CT molecular complexity index is 1170. The van der Waals surface area contributed by atoms with Crippen LogP contribution in [0.2, 0.25) is 0 Å². The molecule has 0 radical (unpaired) electrons. The molecule has 1 aromatic heterocycles. The topological polar surface area (TPSA) is 126 Å². The van der Waals surface area contributed by atoms with Crippen molar-refractivity contribution in [3.05, 3.63) is 71.7 Å². The molecule has 7 nitrogen and oxygen atoms in total. The summed E-state index contributed by atoms with van der Waals surface area (Å²) in [6, 6.07) is 15.3. The Kier molecular flexibility index (Phi) is 8.43. The van der Waals surface area contributed by atoms with E-state index in [-0.39, 0.29) is 25.3 Å². The van der Waals surface area contributed by atoms with Crippen LogP contribution in [0.1, 0.15) is 55.1 Å². The summed E-state index contributed by atoms with van der Waals surface area (Å²) in [6.45, 7) is 4.15. The van der Waals surface area contributed by atoms with Crippen LogP contribution >= 0.6 is 0 Å². The predicted molar refractivity (Wildman–Crippen MR) is 131 cm³/mol. The van der Waals surface area contributed by atoms with Crippen LogP contribution in [0.25, 0.3) is 22.4 Å². The van der Waals surface area contributed by atoms with Gasteiger partial charge in [0.2, 0.25) is 0 Å². The van der Waals surface area contributed by atoms with Crippen LogP contribution in [0.5, 0.6) is 0 Å². The molecule has 3 aromatic rings. The Morgan fingerprint density at radius 1 is 0.971 bits per heavy atom. The molecule has 0 aliphatic rings. The van der Waals surface area contributed by atoms with E-state index in [1.165, 1.54) is 12.1 Å². The Balaban J connectivity index is 2.16. The highest BCUT2D eigenvalue weighted by atomic mass is 19.1. The molecule has 2 unspecified atom stereocenters. The van der Waals surface area contributed by atoms with Crippen LogP contribution < -0.4 is 5.73 Å². The molecule has 0 saturated carbocycles. The van der Waals surface area contributed by atoms with Gasteiger partial charge in [-0.25, -0.2) is 4.39 Å². The van der Waals surface area contributed by atoms with Crippen molar-refractivity contribution in [2.75, 3.05) is 0 Å². The number of hydrogen-bond donors (Lipinski definition) is 4. The van der Waals surface area contributed by atoms with Gasteiger partial charge in [0.05, 0.1) is 29.9 Å². The lowest BCUT2D eigenvalue weighted by molar-refractivity contribution is -0.139. The molecule has 0 saturated heterocycles. The van der Waals surface area contributed by atoms with Gasteiger partial charge in [-0.15, -0.1) is 0 Å². The smallest absolute Gasteiger partial charge is 0.305 e. The van der Waals surface area contributed by atoms with Gasteiger partial charge in [0.25, 0.3) is 5.91 Å². The molecule has 186 valence electrons. The Labute approximate surface area is 203 Å². The standard InChI is InChI=1S/C27H31FN2O5/c1-16(2)25-24(27(29)35)23(17-6-4-3-5-7-17)26(18-8-10-19(28)11-9-18)30(25)13-12-20(31)14-21(32)15-22(33)34/h3-11,16,20-21,31-32H,12-15H2,1-2H3,(H2,29,35)(H,33,34). The van der Waals surface area contributed by atoms with Crippen LogP contribution in [0, 0.1) is 5.82 Å². The first-order valence-corrected chi connectivity index (χ1v) is 11.6. The quantitative estimate of drug-likeness (QED) is 0.327. The third-order valence-electron chi connectivity index (χ3n) is 5.92. The number of primary amides is 1. The maximum Gasteiger partial charge on any atom is 0.305 e. The molecule has 0 bridgehead atoms. The van der Waals surface area contributed by atoms with Crippen molar-refractivity contribution in [3.8, 4) is 22.4 Å². The van der Waals surface area contributed by atoms with Gasteiger partial charge < -0.3 is 25.6 Å². The number of carbonyl (C=O) groups excluding carboxylic acids is 1. The normalized spacial score (nSPS) is 13.1. The molecule has 1 heterocycles. The lowest BCUT2D eigenvalue weighted by Gasteiger charge is -2.20. The van der Waals surface area contributed by atoms with E-state index in [4.69, 9.17) is 10.8 Å². The van der Waals surface area contributed by atoms with Gasteiger partial charge in [0.15, 0.2) is 0 Å². The summed E-state index contributed by atoms with van der Waals surface area (Å²) in [5, 5.41) is 29.3. The summed E-state index contributed by atoms with van der Waals surface area (Å²) in [7, 11) is 0. The van der Waals surface area contributed by atoms with E-state index in [1.807, 2.05) is 48.7 Å². The molecule has 0 aliphatic heterocycles. The first-order valence-electron chi connectivity index (χ1n) is 11.6. The highest BCUT2D eigenvalue weighted by Crippen LogP contribution is 2.42. The Hall–Kier alpha value is -3.49. The number of carbonyl (C=O) groups is 2. The number of carboxylic acids is 1. The zero-order valence-corrected chi connectivity index (χ0v) is 19.8. The molecule has 3 rings (SSSR count). The van der Waals surface area contributed by atoms with Crippen LogP contribution in [0.3, 0.4) is 0 Å². The monoisotopic (exact) mass is 482 g/mol. The van der Waals surface area contributed by atoms with Crippen molar-refractivity contribution in [2.45, 2.75) is 57.8 Å². The molecule has 0 spiro atoms. The lowest BCUT2D eigenvalue weighted by atomic mass is 9.94. The van der Waals surface area contributed by atoms with Crippen molar-refractivity contribution in [3.63, 3.8) is 0 Å². The number of amides is 1. The second-order valence-electron chi connectivity index (χ2n) is 8.96. The Morgan fingerprint density at radius 3 is 2.14 bits per heavy atom. The minimum atomic E-state index is -1.17. The number of aromatic nitrogens is 1. The first-order chi connectivity index (χ1) is 16.6. The third kappa shape index (κ3) is 6.15. The highest BCUT2D eigenvalue weighted by molar-refractivity contribution is 6.05. The first kappa shape index (κ1) is 26.1. The molecule has 0 fully saturated rings. The number of halogens is 1. The summed E-state index contributed by atoms with van der Waals surface area (Å²) >= 11 is 0. The maximum atomic E-state index is 13.8. The van der Waals surface area contributed by atoms with Gasteiger partial charge in [-0.05, 0) is 54.2 Å². The fourth-order valence-electron chi connectivity index (χ4n) is 4.51. The maximum absolute atomic E-state index is 13.8. The average Bonchev–Trinajstić information content (AvgIpc) is 3.14. The fraction of sp³-hybridized carbons (Fsp3) is 0.333. The van der Waals surface area contributed by atoms with Crippen molar-refractivity contribution >= 4 is 11.9 Å². The average molecular weight is 483 g/mol. The summed E-state index contributed by atoms with van der Waals surface area (Å²) in [5.41, 5.74) is 9.71. The number of aliphatic hydroxyl groups is 2. The molecule has 2 aromatic carbocycles. The van der Waals surface area contributed by atoms with E-state index < -0.39 is 36.3 Å². The van der Waals surface area contributed by atoms with Gasteiger partial charge >= 0.3 is 5.97 Å². The van der Waals surface area contributed by atoms with Gasteiger partial charge in [0, 0.05) is 17.8 Å². The van der Waals surface area contributed by atoms with Crippen molar-refractivity contribution in [1.29, 1.82) is 0 Å². The van der Waals surface area contributed by atoms with Crippen LogP contribution in [-0.4, -0.2) is 44.0 Å². The number of nitrogens with two attached hydrogens (primary N) is 1. The van der Waals surface area contributed by atoms with E-state index >= 15 is 0 Å². The van der Waals surface area contributed by atoms with Gasteiger partial charge in [-0.3, -0.25) is 9.59 Å². The van der Waals surface area contributed by atoms with Crippen LogP contribution in [-0.2, 0) is 11.3 Å². The second-order valence-corrected chi connectivity index (χ2v) is 8.96. The van der Waals surface area contributed by atoms with Crippen LogP contribution in [0.15, 0.2) is 54.6 Å². The number of nitrogens with zero attached hydrogens (tertiary/aromatic N) is 1. The molecule has 1 amide bonds. The molecular formula is C27H31FN2O5. The minimum Gasteiger partial charge on any atom is -0.481 e. The fourth-order valence-corrected chi connectivity index (χ4v) is 4.51.